The number of amides is 1. The van der Waals surface area contributed by atoms with Gasteiger partial charge in [-0.3, -0.25) is 4.79 Å². The Hall–Kier alpha value is -2.30. The van der Waals surface area contributed by atoms with Crippen molar-refractivity contribution in [3.8, 4) is 11.3 Å². The third-order valence-electron chi connectivity index (χ3n) is 4.58. The normalized spacial score (nSPS) is 12.8. The van der Waals surface area contributed by atoms with Crippen molar-refractivity contribution in [3.63, 3.8) is 0 Å². The van der Waals surface area contributed by atoms with Crippen molar-refractivity contribution < 1.29 is 9.36 Å². The van der Waals surface area contributed by atoms with E-state index in [1.54, 1.807) is 6.07 Å². The Morgan fingerprint density at radius 1 is 1.12 bits per heavy atom. The molecular formula is C20H18Cl2N3O+. The molecule has 3 aromatic rings. The zero-order chi connectivity index (χ0) is 18.1. The van der Waals surface area contributed by atoms with Crippen molar-refractivity contribution in [1.29, 1.82) is 0 Å². The number of benzene rings is 2. The second-order valence-corrected chi connectivity index (χ2v) is 7.17. The number of anilines is 1. The lowest BCUT2D eigenvalue weighted by Crippen LogP contribution is -2.42. The molecular weight excluding hydrogens is 369 g/mol. The van der Waals surface area contributed by atoms with Gasteiger partial charge in [0.25, 0.3) is 11.7 Å². The molecule has 0 spiro atoms. The number of nitrogens with one attached hydrogen (secondary N) is 1. The van der Waals surface area contributed by atoms with Crippen LogP contribution in [-0.2, 0) is 24.3 Å². The highest BCUT2D eigenvalue weighted by molar-refractivity contribution is 6.42. The summed E-state index contributed by atoms with van der Waals surface area (Å²) >= 11 is 12.2. The molecule has 6 heteroatoms. The molecule has 2 aromatic carbocycles. The zero-order valence-corrected chi connectivity index (χ0v) is 15.6. The van der Waals surface area contributed by atoms with E-state index in [0.717, 1.165) is 42.2 Å². The molecule has 1 aliphatic rings. The van der Waals surface area contributed by atoms with Crippen LogP contribution >= 0.6 is 23.2 Å². The van der Waals surface area contributed by atoms with E-state index in [1.165, 1.54) is 0 Å². The highest BCUT2D eigenvalue weighted by atomic mass is 35.5. The van der Waals surface area contributed by atoms with Crippen LogP contribution in [0.1, 0.15) is 12.2 Å². The smallest absolute Gasteiger partial charge is 0.266 e. The largest absolute Gasteiger partial charge is 0.323 e. The first-order chi connectivity index (χ1) is 12.6. The number of halogens is 2. The monoisotopic (exact) mass is 386 g/mol. The Kier molecular flexibility index (Phi) is 4.70. The van der Waals surface area contributed by atoms with E-state index < -0.39 is 0 Å². The van der Waals surface area contributed by atoms with Gasteiger partial charge in [-0.1, -0.05) is 41.4 Å². The predicted molar refractivity (Wildman–Crippen MR) is 103 cm³/mol. The maximum absolute atomic E-state index is 12.4. The van der Waals surface area contributed by atoms with Gasteiger partial charge in [0.05, 0.1) is 23.0 Å². The summed E-state index contributed by atoms with van der Waals surface area (Å²) in [6.45, 7) is 1.23. The van der Waals surface area contributed by atoms with Crippen LogP contribution in [0.25, 0.3) is 11.3 Å². The fourth-order valence-electron chi connectivity index (χ4n) is 3.41. The summed E-state index contributed by atoms with van der Waals surface area (Å²) in [4.78, 5) is 12.4. The van der Waals surface area contributed by atoms with Gasteiger partial charge in [-0.2, -0.15) is 0 Å². The van der Waals surface area contributed by atoms with Crippen LogP contribution in [0.4, 0.5) is 5.69 Å². The van der Waals surface area contributed by atoms with Crippen molar-refractivity contribution in [2.45, 2.75) is 25.9 Å². The molecule has 0 saturated carbocycles. The maximum Gasteiger partial charge on any atom is 0.266 e. The highest BCUT2D eigenvalue weighted by Gasteiger charge is 2.29. The number of nitrogens with zero attached hydrogens (tertiary/aromatic N) is 2. The Balaban J connectivity index is 1.61. The molecule has 0 unspecified atom stereocenters. The molecule has 2 heterocycles. The Morgan fingerprint density at radius 2 is 1.92 bits per heavy atom. The average Bonchev–Trinajstić information content (AvgIpc) is 3.22. The lowest BCUT2D eigenvalue weighted by molar-refractivity contribution is -0.690. The Bertz CT molecular complexity index is 967. The minimum atomic E-state index is -0.0396. The second-order valence-electron chi connectivity index (χ2n) is 6.36. The van der Waals surface area contributed by atoms with Gasteiger partial charge in [-0.05, 0) is 36.8 Å². The molecule has 0 fully saturated rings. The van der Waals surface area contributed by atoms with Gasteiger partial charge in [0.2, 0.25) is 0 Å². The number of carbonyl (C=O) groups is 1. The van der Waals surface area contributed by atoms with Gasteiger partial charge in [0.15, 0.2) is 12.2 Å². The van der Waals surface area contributed by atoms with Crippen molar-refractivity contribution in [3.05, 3.63) is 70.6 Å². The molecule has 4 nitrogen and oxygen atoms in total. The van der Waals surface area contributed by atoms with Crippen LogP contribution in [0.3, 0.4) is 0 Å². The number of carbonyl (C=O) groups excluding carboxylic acids is 1. The molecule has 4 rings (SSSR count). The molecule has 0 atom stereocenters. The SMILES string of the molecule is O=C(C[n+]1cc(-c2ccc(Cl)c(Cl)c2)n2c1CCC2)Nc1ccccc1. The second kappa shape index (κ2) is 7.14. The summed E-state index contributed by atoms with van der Waals surface area (Å²) in [5.41, 5.74) is 2.87. The minimum absolute atomic E-state index is 0.0396. The van der Waals surface area contributed by atoms with Gasteiger partial charge in [0.1, 0.15) is 6.20 Å². The third kappa shape index (κ3) is 3.35. The fourth-order valence-corrected chi connectivity index (χ4v) is 3.71. The van der Waals surface area contributed by atoms with Gasteiger partial charge in [-0.25, -0.2) is 9.13 Å². The quantitative estimate of drug-likeness (QED) is 0.665. The first-order valence-electron chi connectivity index (χ1n) is 8.54. The first-order valence-corrected chi connectivity index (χ1v) is 9.29. The Morgan fingerprint density at radius 3 is 2.69 bits per heavy atom. The highest BCUT2D eigenvalue weighted by Crippen LogP contribution is 2.30. The average molecular weight is 387 g/mol. The van der Waals surface area contributed by atoms with Crippen LogP contribution < -0.4 is 9.88 Å². The summed E-state index contributed by atoms with van der Waals surface area (Å²) in [5.74, 6) is 1.12. The zero-order valence-electron chi connectivity index (χ0n) is 14.1. The van der Waals surface area contributed by atoms with Crippen molar-refractivity contribution in [2.24, 2.45) is 0 Å². The van der Waals surface area contributed by atoms with E-state index >= 15 is 0 Å². The molecule has 1 N–H and O–H groups in total. The lowest BCUT2D eigenvalue weighted by atomic mass is 10.1. The third-order valence-corrected chi connectivity index (χ3v) is 5.32. The molecule has 132 valence electrons. The van der Waals surface area contributed by atoms with Crippen molar-refractivity contribution in [1.82, 2.24) is 4.57 Å². The maximum atomic E-state index is 12.4. The molecule has 0 radical (unpaired) electrons. The molecule has 1 aromatic heterocycles. The van der Waals surface area contributed by atoms with Gasteiger partial charge in [-0.15, -0.1) is 0 Å². The molecule has 0 bridgehead atoms. The van der Waals surface area contributed by atoms with Crippen LogP contribution in [0.5, 0.6) is 0 Å². The summed E-state index contributed by atoms with van der Waals surface area (Å²) in [6.07, 6.45) is 4.06. The number of imidazole rings is 1. The van der Waals surface area contributed by atoms with E-state index in [4.69, 9.17) is 23.2 Å². The number of aromatic nitrogens is 2. The standard InChI is InChI=1S/C20H17Cl2N3O/c21-16-9-8-14(11-17(16)22)18-12-24(20-7-4-10-25(18)20)13-19(26)23-15-5-2-1-3-6-15/h1-3,5-6,8-9,11-12H,4,7,10,13H2/p+1. The van der Waals surface area contributed by atoms with Crippen LogP contribution in [0, 0.1) is 0 Å². The molecule has 1 aliphatic heterocycles. The van der Waals surface area contributed by atoms with E-state index in [1.807, 2.05) is 53.2 Å². The number of fused-ring (bicyclic) bond motifs is 1. The van der Waals surface area contributed by atoms with Crippen molar-refractivity contribution >= 4 is 34.8 Å². The van der Waals surface area contributed by atoms with Crippen LogP contribution in [0.2, 0.25) is 10.0 Å². The van der Waals surface area contributed by atoms with E-state index in [-0.39, 0.29) is 12.5 Å². The minimum Gasteiger partial charge on any atom is -0.323 e. The van der Waals surface area contributed by atoms with Crippen molar-refractivity contribution in [2.75, 3.05) is 5.32 Å². The van der Waals surface area contributed by atoms with Crippen LogP contribution in [-0.4, -0.2) is 10.5 Å². The summed E-state index contributed by atoms with van der Waals surface area (Å²) in [7, 11) is 0. The van der Waals surface area contributed by atoms with E-state index in [0.29, 0.717) is 10.0 Å². The predicted octanol–water partition coefficient (Wildman–Crippen LogP) is 4.33. The van der Waals surface area contributed by atoms with Gasteiger partial charge >= 0.3 is 0 Å². The molecule has 1 amide bonds. The molecule has 0 saturated heterocycles. The molecule has 26 heavy (non-hydrogen) atoms. The first kappa shape index (κ1) is 17.1. The summed E-state index contributed by atoms with van der Waals surface area (Å²) in [6, 6.07) is 15.1. The van der Waals surface area contributed by atoms with Gasteiger partial charge in [0, 0.05) is 11.3 Å². The number of para-hydroxylation sites is 1. The fraction of sp³-hybridized carbons (Fsp3) is 0.200. The lowest BCUT2D eigenvalue weighted by Gasteiger charge is -2.03. The topological polar surface area (TPSA) is 37.9 Å². The van der Waals surface area contributed by atoms with E-state index in [9.17, 15) is 4.79 Å². The number of hydrogen-bond donors (Lipinski definition) is 1. The Labute approximate surface area is 162 Å². The molecule has 0 aliphatic carbocycles. The van der Waals surface area contributed by atoms with Gasteiger partial charge < -0.3 is 5.32 Å². The number of hydrogen-bond acceptors (Lipinski definition) is 1. The summed E-state index contributed by atoms with van der Waals surface area (Å²) in [5, 5.41) is 4.01. The van der Waals surface area contributed by atoms with E-state index in [2.05, 4.69) is 9.88 Å². The van der Waals surface area contributed by atoms with Crippen LogP contribution in [0.15, 0.2) is 54.7 Å². The summed E-state index contributed by atoms with van der Waals surface area (Å²) < 4.78 is 4.29. The number of rotatable bonds is 4.